The van der Waals surface area contributed by atoms with Crippen molar-refractivity contribution in [3.8, 4) is 0 Å². The lowest BCUT2D eigenvalue weighted by Crippen LogP contribution is -2.53. The summed E-state index contributed by atoms with van der Waals surface area (Å²) in [7, 11) is 0. The van der Waals surface area contributed by atoms with E-state index in [0.29, 0.717) is 0 Å². The van der Waals surface area contributed by atoms with E-state index in [1.165, 1.54) is 0 Å². The first-order chi connectivity index (χ1) is 9.93. The molecule has 0 spiro atoms. The number of carbonyl (C=O) groups is 1. The first kappa shape index (κ1) is 17.6. The zero-order valence-corrected chi connectivity index (χ0v) is 15.4. The Morgan fingerprint density at radius 1 is 1.23 bits per heavy atom. The number of halogens is 2. The number of rotatable bonds is 2. The Morgan fingerprint density at radius 3 is 2.14 bits per heavy atom. The summed E-state index contributed by atoms with van der Waals surface area (Å²) in [5, 5.41) is -0.0873. The van der Waals surface area contributed by atoms with E-state index in [0.717, 1.165) is 0 Å². The van der Waals surface area contributed by atoms with Crippen LogP contribution in [0.1, 0.15) is 34.6 Å². The number of anilines is 1. The maximum Gasteiger partial charge on any atom is 0.241 e. The Morgan fingerprint density at radius 2 is 1.73 bits per heavy atom. The fourth-order valence-electron chi connectivity index (χ4n) is 2.60. The lowest BCUT2D eigenvalue weighted by molar-refractivity contribution is -0.119. The van der Waals surface area contributed by atoms with Gasteiger partial charge < -0.3 is 10.6 Å². The number of thioether (sulfide) groups is 1. The summed E-state index contributed by atoms with van der Waals surface area (Å²) in [6, 6.07) is -0.573. The highest BCUT2D eigenvalue weighted by atomic mass is 35.5. The molecule has 2 atom stereocenters. The van der Waals surface area contributed by atoms with Crippen molar-refractivity contribution in [2.24, 2.45) is 11.1 Å². The van der Waals surface area contributed by atoms with Crippen molar-refractivity contribution >= 4 is 46.8 Å². The van der Waals surface area contributed by atoms with Crippen molar-refractivity contribution < 1.29 is 4.79 Å². The molecule has 1 fully saturated rings. The number of nitrogens with two attached hydrogens (primary N) is 1. The van der Waals surface area contributed by atoms with E-state index in [1.54, 1.807) is 11.8 Å². The third-order valence-corrected chi connectivity index (χ3v) is 5.74. The number of hydrogen-bond acceptors (Lipinski definition) is 6. The average molecular weight is 364 g/mol. The zero-order valence-electron chi connectivity index (χ0n) is 13.1. The normalized spacial score (nSPS) is 24.6. The minimum atomic E-state index is -0.573. The van der Waals surface area contributed by atoms with E-state index in [1.807, 2.05) is 18.7 Å². The molecule has 1 aromatic rings. The molecule has 0 saturated carbocycles. The van der Waals surface area contributed by atoms with Crippen LogP contribution in [0.2, 0.25) is 10.6 Å². The SMILES string of the molecule is CC(C)(C)C1SC(C)(C)C(C(N)=O)N1c1nc(Cl)nc(Cl)n1. The van der Waals surface area contributed by atoms with Gasteiger partial charge in [-0.3, -0.25) is 4.79 Å². The molecule has 1 saturated heterocycles. The van der Waals surface area contributed by atoms with E-state index in [2.05, 4.69) is 35.7 Å². The third-order valence-electron chi connectivity index (χ3n) is 3.42. The van der Waals surface area contributed by atoms with Crippen molar-refractivity contribution in [2.45, 2.75) is 50.8 Å². The summed E-state index contributed by atoms with van der Waals surface area (Å²) >= 11 is 13.4. The molecule has 22 heavy (non-hydrogen) atoms. The minimum absolute atomic E-state index is 0.0133. The van der Waals surface area contributed by atoms with Gasteiger partial charge in [-0.15, -0.1) is 11.8 Å². The van der Waals surface area contributed by atoms with Crippen LogP contribution in [0.25, 0.3) is 0 Å². The minimum Gasteiger partial charge on any atom is -0.368 e. The van der Waals surface area contributed by atoms with E-state index >= 15 is 0 Å². The third kappa shape index (κ3) is 3.26. The van der Waals surface area contributed by atoms with Gasteiger partial charge >= 0.3 is 0 Å². The monoisotopic (exact) mass is 363 g/mol. The maximum absolute atomic E-state index is 12.1. The van der Waals surface area contributed by atoms with Crippen LogP contribution < -0.4 is 10.6 Å². The molecule has 9 heteroatoms. The topological polar surface area (TPSA) is 85.0 Å². The molecule has 122 valence electrons. The van der Waals surface area contributed by atoms with Crippen molar-refractivity contribution in [3.63, 3.8) is 0 Å². The Bertz CT molecular complexity index is 584. The molecule has 0 radical (unpaired) electrons. The Hall–Kier alpha value is -0.790. The van der Waals surface area contributed by atoms with Crippen LogP contribution in [0.15, 0.2) is 0 Å². The molecule has 0 aliphatic carbocycles. The van der Waals surface area contributed by atoms with Crippen LogP contribution in [0.5, 0.6) is 0 Å². The molecule has 6 nitrogen and oxygen atoms in total. The quantitative estimate of drug-likeness (QED) is 0.869. The first-order valence-electron chi connectivity index (χ1n) is 6.76. The lowest BCUT2D eigenvalue weighted by Gasteiger charge is -2.36. The number of aromatic nitrogens is 3. The van der Waals surface area contributed by atoms with Gasteiger partial charge in [-0.25, -0.2) is 0 Å². The van der Waals surface area contributed by atoms with Crippen LogP contribution in [0.3, 0.4) is 0 Å². The smallest absolute Gasteiger partial charge is 0.241 e. The summed E-state index contributed by atoms with van der Waals surface area (Å²) in [6.45, 7) is 10.2. The van der Waals surface area contributed by atoms with Gasteiger partial charge in [0.05, 0.1) is 5.37 Å². The fraction of sp³-hybridized carbons (Fsp3) is 0.692. The van der Waals surface area contributed by atoms with Crippen LogP contribution in [0, 0.1) is 5.41 Å². The van der Waals surface area contributed by atoms with Crippen molar-refractivity contribution in [1.29, 1.82) is 0 Å². The van der Waals surface area contributed by atoms with Crippen LogP contribution in [-0.2, 0) is 4.79 Å². The molecule has 1 aliphatic heterocycles. The van der Waals surface area contributed by atoms with E-state index in [-0.39, 0.29) is 27.3 Å². The van der Waals surface area contributed by atoms with Gasteiger partial charge in [0, 0.05) is 4.75 Å². The summed E-state index contributed by atoms with van der Waals surface area (Å²) < 4.78 is -0.393. The number of carbonyl (C=O) groups excluding carboxylic acids is 1. The molecule has 2 heterocycles. The van der Waals surface area contributed by atoms with Gasteiger partial charge in [0.2, 0.25) is 22.4 Å². The Labute approximate surface area is 144 Å². The molecule has 2 N–H and O–H groups in total. The standard InChI is InChI=1S/C13H19Cl2N5OS/c1-12(2,3)8-20(6(7(16)21)13(4,5)22-8)11-18-9(14)17-10(15)19-11/h6,8H,1-5H3,(H2,16,21). The van der Waals surface area contributed by atoms with Crippen LogP contribution in [0.4, 0.5) is 5.95 Å². The predicted molar refractivity (Wildman–Crippen MR) is 90.2 cm³/mol. The second-order valence-corrected chi connectivity index (χ2v) is 9.24. The molecular weight excluding hydrogens is 345 g/mol. The summed E-state index contributed by atoms with van der Waals surface area (Å²) in [5.74, 6) is -0.163. The van der Waals surface area contributed by atoms with Crippen molar-refractivity contribution in [2.75, 3.05) is 4.90 Å². The molecule has 1 aromatic heterocycles. The maximum atomic E-state index is 12.1. The summed E-state index contributed by atoms with van der Waals surface area (Å²) in [6.07, 6.45) is 0. The summed E-state index contributed by atoms with van der Waals surface area (Å²) in [5.41, 5.74) is 5.51. The highest BCUT2D eigenvalue weighted by Gasteiger charge is 2.54. The van der Waals surface area contributed by atoms with Crippen LogP contribution >= 0.6 is 35.0 Å². The molecule has 0 bridgehead atoms. The fourth-order valence-corrected chi connectivity index (χ4v) is 4.58. The number of amides is 1. The summed E-state index contributed by atoms with van der Waals surface area (Å²) in [4.78, 5) is 25.9. The van der Waals surface area contributed by atoms with Gasteiger partial charge in [-0.1, -0.05) is 20.8 Å². The number of hydrogen-bond donors (Lipinski definition) is 1. The van der Waals surface area contributed by atoms with Crippen molar-refractivity contribution in [3.05, 3.63) is 10.6 Å². The second-order valence-electron chi connectivity index (χ2n) is 6.83. The molecule has 0 aromatic carbocycles. The van der Waals surface area contributed by atoms with E-state index < -0.39 is 16.7 Å². The molecule has 1 amide bonds. The molecule has 1 aliphatic rings. The van der Waals surface area contributed by atoms with Gasteiger partial charge in [0.1, 0.15) is 6.04 Å². The lowest BCUT2D eigenvalue weighted by atomic mass is 9.93. The average Bonchev–Trinajstić information content (AvgIpc) is 2.59. The van der Waals surface area contributed by atoms with Gasteiger partial charge in [0.25, 0.3) is 0 Å². The van der Waals surface area contributed by atoms with Gasteiger partial charge in [-0.05, 0) is 42.5 Å². The van der Waals surface area contributed by atoms with E-state index in [4.69, 9.17) is 28.9 Å². The highest BCUT2D eigenvalue weighted by Crippen LogP contribution is 2.51. The first-order valence-corrected chi connectivity index (χ1v) is 8.39. The molecule has 2 unspecified atom stereocenters. The number of nitrogens with zero attached hydrogens (tertiary/aromatic N) is 4. The largest absolute Gasteiger partial charge is 0.368 e. The van der Waals surface area contributed by atoms with Gasteiger partial charge in [-0.2, -0.15) is 15.0 Å². The van der Waals surface area contributed by atoms with Gasteiger partial charge in [0.15, 0.2) is 0 Å². The Kier molecular flexibility index (Phi) is 4.54. The Balaban J connectivity index is 2.61. The predicted octanol–water partition coefficient (Wildman–Crippen LogP) is 2.74. The highest BCUT2D eigenvalue weighted by molar-refractivity contribution is 8.01. The molecular formula is C13H19Cl2N5OS. The van der Waals surface area contributed by atoms with E-state index in [9.17, 15) is 4.79 Å². The molecule has 2 rings (SSSR count). The second kappa shape index (κ2) is 5.69. The van der Waals surface area contributed by atoms with Crippen molar-refractivity contribution in [1.82, 2.24) is 15.0 Å². The zero-order chi connectivity index (χ0) is 16.9. The van der Waals surface area contributed by atoms with Crippen LogP contribution in [-0.4, -0.2) is 37.0 Å². The number of primary amides is 1.